The number of amides is 1. The van der Waals surface area contributed by atoms with Gasteiger partial charge in [-0.1, -0.05) is 36.4 Å². The monoisotopic (exact) mass is 387 g/mol. The molecule has 140 valence electrons. The van der Waals surface area contributed by atoms with Crippen molar-refractivity contribution in [3.05, 3.63) is 71.7 Å². The van der Waals surface area contributed by atoms with Gasteiger partial charge in [0, 0.05) is 29.4 Å². The average Bonchev–Trinajstić information content (AvgIpc) is 3.14. The molecule has 1 amide bonds. The van der Waals surface area contributed by atoms with Gasteiger partial charge in [0.05, 0.1) is 16.7 Å². The summed E-state index contributed by atoms with van der Waals surface area (Å²) in [4.78, 5) is 19.9. The average molecular weight is 388 g/mol. The molecule has 1 fully saturated rings. The van der Waals surface area contributed by atoms with Crippen molar-refractivity contribution in [3.8, 4) is 0 Å². The van der Waals surface area contributed by atoms with Gasteiger partial charge >= 0.3 is 0 Å². The molecule has 1 aliphatic heterocycles. The highest BCUT2D eigenvalue weighted by molar-refractivity contribution is 7.17. The Balaban J connectivity index is 1.38. The number of carbonyl (C=O) groups is 1. The van der Waals surface area contributed by atoms with E-state index < -0.39 is 5.54 Å². The number of fused-ring (bicyclic) bond motifs is 2. The van der Waals surface area contributed by atoms with E-state index in [1.165, 1.54) is 15.6 Å². The summed E-state index contributed by atoms with van der Waals surface area (Å²) in [6.07, 6.45) is 2.62. The summed E-state index contributed by atoms with van der Waals surface area (Å²) in [6, 6.07) is 18.3. The molecule has 0 bridgehead atoms. The third-order valence-electron chi connectivity index (χ3n) is 5.86. The van der Waals surface area contributed by atoms with E-state index in [0.717, 1.165) is 36.1 Å². The molecule has 1 N–H and O–H groups in total. The predicted octanol–water partition coefficient (Wildman–Crippen LogP) is 5.05. The Hall–Kier alpha value is -2.76. The predicted molar refractivity (Wildman–Crippen MR) is 116 cm³/mol. The highest BCUT2D eigenvalue weighted by atomic mass is 32.1. The molecule has 5 rings (SSSR count). The van der Waals surface area contributed by atoms with Gasteiger partial charge in [0.25, 0.3) is 0 Å². The number of hydrogen-bond donors (Lipinski definition) is 1. The topological polar surface area (TPSA) is 45.2 Å². The Kier molecular flexibility index (Phi) is 4.14. The molecule has 0 spiro atoms. The molecule has 1 unspecified atom stereocenters. The summed E-state index contributed by atoms with van der Waals surface area (Å²) in [5, 5.41) is 7.67. The number of nitrogens with zero attached hydrogens (tertiary/aromatic N) is 2. The fourth-order valence-electron chi connectivity index (χ4n) is 3.94. The Morgan fingerprint density at radius 1 is 1.18 bits per heavy atom. The SMILES string of the molecule is CC1(C(=O)Nc2cccc3cccnc23)CCN1Cc1csc2ccccc12. The summed E-state index contributed by atoms with van der Waals surface area (Å²) in [5.41, 5.74) is 2.40. The van der Waals surface area contributed by atoms with E-state index in [2.05, 4.69) is 44.8 Å². The largest absolute Gasteiger partial charge is 0.323 e. The molecule has 0 radical (unpaired) electrons. The van der Waals surface area contributed by atoms with Crippen LogP contribution in [0.15, 0.2) is 66.2 Å². The molecule has 4 nitrogen and oxygen atoms in total. The van der Waals surface area contributed by atoms with Crippen LogP contribution in [0.1, 0.15) is 18.9 Å². The molecule has 4 aromatic rings. The lowest BCUT2D eigenvalue weighted by Crippen LogP contribution is -2.63. The van der Waals surface area contributed by atoms with Crippen molar-refractivity contribution in [2.75, 3.05) is 11.9 Å². The smallest absolute Gasteiger partial charge is 0.244 e. The van der Waals surface area contributed by atoms with Crippen LogP contribution in [-0.2, 0) is 11.3 Å². The van der Waals surface area contributed by atoms with E-state index in [4.69, 9.17) is 0 Å². The minimum atomic E-state index is -0.500. The van der Waals surface area contributed by atoms with Gasteiger partial charge < -0.3 is 5.32 Å². The van der Waals surface area contributed by atoms with Crippen LogP contribution >= 0.6 is 11.3 Å². The molecule has 0 saturated carbocycles. The van der Waals surface area contributed by atoms with Crippen LogP contribution in [0.3, 0.4) is 0 Å². The Morgan fingerprint density at radius 2 is 2.04 bits per heavy atom. The Bertz CT molecular complexity index is 1180. The van der Waals surface area contributed by atoms with Crippen molar-refractivity contribution in [1.29, 1.82) is 0 Å². The van der Waals surface area contributed by atoms with Gasteiger partial charge in [-0.2, -0.15) is 0 Å². The summed E-state index contributed by atoms with van der Waals surface area (Å²) >= 11 is 1.77. The third kappa shape index (κ3) is 2.79. The van der Waals surface area contributed by atoms with Crippen molar-refractivity contribution in [2.45, 2.75) is 25.4 Å². The zero-order chi connectivity index (χ0) is 19.1. The molecule has 0 aliphatic carbocycles. The van der Waals surface area contributed by atoms with Gasteiger partial charge in [-0.25, -0.2) is 0 Å². The lowest BCUT2D eigenvalue weighted by Gasteiger charge is -2.49. The highest BCUT2D eigenvalue weighted by Gasteiger charge is 2.46. The summed E-state index contributed by atoms with van der Waals surface area (Å²) in [5.74, 6) is 0.0384. The standard InChI is InChI=1S/C23H21N3OS/c1-23(22(27)25-19-9-4-6-16-7-5-12-24-21(16)19)11-13-26(23)14-17-15-28-20-10-3-2-8-18(17)20/h2-10,12,15H,11,13-14H2,1H3,(H,25,27). The van der Waals surface area contributed by atoms with Crippen LogP contribution in [-0.4, -0.2) is 27.9 Å². The van der Waals surface area contributed by atoms with Crippen LogP contribution < -0.4 is 5.32 Å². The molecule has 2 aromatic heterocycles. The minimum Gasteiger partial charge on any atom is -0.323 e. The van der Waals surface area contributed by atoms with Crippen molar-refractivity contribution in [2.24, 2.45) is 0 Å². The second-order valence-corrected chi connectivity index (χ2v) is 8.45. The first-order chi connectivity index (χ1) is 13.6. The van der Waals surface area contributed by atoms with E-state index >= 15 is 0 Å². The molecule has 5 heteroatoms. The van der Waals surface area contributed by atoms with Crippen molar-refractivity contribution < 1.29 is 4.79 Å². The quantitative estimate of drug-likeness (QED) is 0.533. The molecule has 1 atom stereocenters. The molecular weight excluding hydrogens is 366 g/mol. The van der Waals surface area contributed by atoms with Gasteiger partial charge in [0.1, 0.15) is 0 Å². The van der Waals surface area contributed by atoms with Gasteiger partial charge in [-0.15, -0.1) is 11.3 Å². The maximum atomic E-state index is 13.2. The van der Waals surface area contributed by atoms with Crippen LogP contribution in [0.4, 0.5) is 5.69 Å². The Labute approximate surface area is 167 Å². The summed E-state index contributed by atoms with van der Waals surface area (Å²) < 4.78 is 1.30. The zero-order valence-corrected chi connectivity index (χ0v) is 16.5. The molecule has 1 saturated heterocycles. The number of carbonyl (C=O) groups excluding carboxylic acids is 1. The fraction of sp³-hybridized carbons (Fsp3) is 0.217. The van der Waals surface area contributed by atoms with Crippen molar-refractivity contribution >= 4 is 43.9 Å². The van der Waals surface area contributed by atoms with Gasteiger partial charge in [-0.3, -0.25) is 14.7 Å². The van der Waals surface area contributed by atoms with Crippen LogP contribution in [0.25, 0.3) is 21.0 Å². The Morgan fingerprint density at radius 3 is 2.89 bits per heavy atom. The summed E-state index contributed by atoms with van der Waals surface area (Å²) in [6.45, 7) is 3.77. The number of aromatic nitrogens is 1. The molecular formula is C23H21N3OS. The van der Waals surface area contributed by atoms with Crippen LogP contribution in [0.2, 0.25) is 0 Å². The lowest BCUT2D eigenvalue weighted by atomic mass is 9.85. The van der Waals surface area contributed by atoms with Gasteiger partial charge in [0.15, 0.2) is 0 Å². The maximum absolute atomic E-state index is 13.2. The number of benzene rings is 2. The molecule has 3 heterocycles. The maximum Gasteiger partial charge on any atom is 0.244 e. The second kappa shape index (κ2) is 6.69. The fourth-order valence-corrected chi connectivity index (χ4v) is 4.89. The van der Waals surface area contributed by atoms with Crippen LogP contribution in [0.5, 0.6) is 0 Å². The van der Waals surface area contributed by atoms with Crippen molar-refractivity contribution in [3.63, 3.8) is 0 Å². The van der Waals surface area contributed by atoms with E-state index in [0.29, 0.717) is 0 Å². The first-order valence-electron chi connectivity index (χ1n) is 9.50. The number of nitrogens with one attached hydrogen (secondary N) is 1. The summed E-state index contributed by atoms with van der Waals surface area (Å²) in [7, 11) is 0. The van der Waals surface area contributed by atoms with Gasteiger partial charge in [0.2, 0.25) is 5.91 Å². The first kappa shape index (κ1) is 17.3. The number of thiophene rings is 1. The minimum absolute atomic E-state index is 0.0384. The van der Waals surface area contributed by atoms with E-state index in [1.54, 1.807) is 17.5 Å². The first-order valence-corrected chi connectivity index (χ1v) is 10.4. The highest BCUT2D eigenvalue weighted by Crippen LogP contribution is 2.36. The normalized spacial score (nSPS) is 19.6. The molecule has 2 aromatic carbocycles. The number of para-hydroxylation sites is 1. The molecule has 1 aliphatic rings. The number of pyridine rings is 1. The number of likely N-dealkylation sites (tertiary alicyclic amines) is 1. The lowest BCUT2D eigenvalue weighted by molar-refractivity contribution is -0.136. The zero-order valence-electron chi connectivity index (χ0n) is 15.7. The number of rotatable bonds is 4. The molecule has 28 heavy (non-hydrogen) atoms. The van der Waals surface area contributed by atoms with E-state index in [-0.39, 0.29) is 5.91 Å². The third-order valence-corrected chi connectivity index (χ3v) is 6.87. The number of hydrogen-bond acceptors (Lipinski definition) is 4. The van der Waals surface area contributed by atoms with Crippen molar-refractivity contribution in [1.82, 2.24) is 9.88 Å². The second-order valence-electron chi connectivity index (χ2n) is 7.54. The van der Waals surface area contributed by atoms with Gasteiger partial charge in [-0.05, 0) is 47.9 Å². The van der Waals surface area contributed by atoms with E-state index in [1.807, 2.05) is 37.3 Å². The van der Waals surface area contributed by atoms with Crippen LogP contribution in [0, 0.1) is 0 Å². The van der Waals surface area contributed by atoms with E-state index in [9.17, 15) is 4.79 Å². The number of anilines is 1.